The summed E-state index contributed by atoms with van der Waals surface area (Å²) in [4.78, 5) is 17.7. The van der Waals surface area contributed by atoms with Gasteiger partial charge in [-0.15, -0.1) is 0 Å². The third-order valence-corrected chi connectivity index (χ3v) is 9.82. The van der Waals surface area contributed by atoms with Crippen molar-refractivity contribution in [3.63, 3.8) is 0 Å². The summed E-state index contributed by atoms with van der Waals surface area (Å²) >= 11 is 0. The Bertz CT molecular complexity index is 2410. The Morgan fingerprint density at radius 2 is 0.685 bits per heavy atom. The Morgan fingerprint density at radius 3 is 0.981 bits per heavy atom. The maximum absolute atomic E-state index is 13.5. The predicted molar refractivity (Wildman–Crippen MR) is 204 cm³/mol. The molecule has 0 unspecified atom stereocenters. The molecule has 5 aromatic rings. The second kappa shape index (κ2) is 13.4. The van der Waals surface area contributed by atoms with E-state index in [1.54, 1.807) is 23.9 Å². The van der Waals surface area contributed by atoms with Gasteiger partial charge in [0.05, 0.1) is 11.1 Å². The molecule has 7 rings (SSSR count). The van der Waals surface area contributed by atoms with Gasteiger partial charge in [-0.3, -0.25) is 0 Å². The number of hydrogen-bond donors (Lipinski definition) is 0. The van der Waals surface area contributed by atoms with Crippen LogP contribution >= 0.6 is 0 Å². The van der Waals surface area contributed by atoms with Crippen molar-refractivity contribution in [2.24, 2.45) is 9.98 Å². The molecule has 2 aliphatic heterocycles. The Balaban J connectivity index is 1.43. The second-order valence-corrected chi connectivity index (χ2v) is 13.5. The maximum atomic E-state index is 13.5. The van der Waals surface area contributed by atoms with E-state index in [1.807, 2.05) is 98.4 Å². The average molecular weight is 739 g/mol. The van der Waals surface area contributed by atoms with Gasteiger partial charge in [0.2, 0.25) is 0 Å². The zero-order valence-corrected chi connectivity index (χ0v) is 30.3. The highest BCUT2D eigenvalue weighted by atomic mass is 19.4. The van der Waals surface area contributed by atoms with Crippen LogP contribution in [0.3, 0.4) is 0 Å². The molecule has 0 aromatic heterocycles. The molecule has 6 nitrogen and oxygen atoms in total. The normalized spacial score (nSPS) is 13.7. The van der Waals surface area contributed by atoms with Crippen molar-refractivity contribution >= 4 is 46.1 Å². The molecule has 2 heterocycles. The van der Waals surface area contributed by atoms with Gasteiger partial charge < -0.3 is 19.6 Å². The van der Waals surface area contributed by atoms with Crippen molar-refractivity contribution in [1.82, 2.24) is 0 Å². The number of aryl methyl sites for hydroxylation is 2. The first kappa shape index (κ1) is 36.3. The van der Waals surface area contributed by atoms with E-state index in [2.05, 4.69) is 0 Å². The molecule has 0 spiro atoms. The quantitative estimate of drug-likeness (QED) is 0.164. The van der Waals surface area contributed by atoms with Crippen LogP contribution in [0, 0.1) is 13.8 Å². The largest absolute Gasteiger partial charge is 0.416 e. The number of alkyl halides is 6. The summed E-state index contributed by atoms with van der Waals surface area (Å²) in [6.45, 7) is 4.03. The van der Waals surface area contributed by atoms with Crippen LogP contribution in [0.25, 0.3) is 11.6 Å². The van der Waals surface area contributed by atoms with Gasteiger partial charge in [0.1, 0.15) is 23.3 Å². The van der Waals surface area contributed by atoms with Crippen LogP contribution in [0.2, 0.25) is 0 Å². The second-order valence-electron chi connectivity index (χ2n) is 13.5. The van der Waals surface area contributed by atoms with E-state index in [4.69, 9.17) is 9.98 Å². The van der Waals surface area contributed by atoms with Crippen LogP contribution in [0.4, 0.5) is 49.1 Å². The van der Waals surface area contributed by atoms with Crippen LogP contribution in [-0.4, -0.2) is 39.9 Å². The zero-order valence-electron chi connectivity index (χ0n) is 30.3. The molecule has 0 atom stereocenters. The Morgan fingerprint density at radius 1 is 0.407 bits per heavy atom. The fourth-order valence-corrected chi connectivity index (χ4v) is 6.58. The monoisotopic (exact) mass is 738 g/mol. The summed E-state index contributed by atoms with van der Waals surface area (Å²) in [6.07, 6.45) is -9.00. The lowest BCUT2D eigenvalue weighted by molar-refractivity contribution is -0.138. The van der Waals surface area contributed by atoms with E-state index in [-0.39, 0.29) is 0 Å². The third kappa shape index (κ3) is 6.68. The molecule has 0 amide bonds. The maximum Gasteiger partial charge on any atom is 0.416 e. The lowest BCUT2D eigenvalue weighted by Gasteiger charge is -2.22. The van der Waals surface area contributed by atoms with Crippen LogP contribution < -0.4 is 30.0 Å². The van der Waals surface area contributed by atoms with Gasteiger partial charge in [-0.05, 0) is 98.8 Å². The minimum atomic E-state index is -4.50. The van der Waals surface area contributed by atoms with E-state index in [1.165, 1.54) is 24.3 Å². The minimum Gasteiger partial charge on any atom is -0.329 e. The van der Waals surface area contributed by atoms with Crippen molar-refractivity contribution < 1.29 is 26.3 Å². The van der Waals surface area contributed by atoms with Crippen LogP contribution in [0.15, 0.2) is 119 Å². The van der Waals surface area contributed by atoms with Gasteiger partial charge in [-0.1, -0.05) is 35.4 Å². The van der Waals surface area contributed by atoms with Crippen LogP contribution in [0.1, 0.15) is 33.4 Å². The molecular formula is C42H36F6N6. The molecule has 12 heteroatoms. The first-order valence-electron chi connectivity index (χ1n) is 17.0. The Labute approximate surface area is 308 Å². The number of benzene rings is 5. The number of halogens is 6. The molecule has 54 heavy (non-hydrogen) atoms. The lowest BCUT2D eigenvalue weighted by atomic mass is 10.0. The van der Waals surface area contributed by atoms with Crippen molar-refractivity contribution in [2.45, 2.75) is 26.2 Å². The molecule has 0 aliphatic carbocycles. The van der Waals surface area contributed by atoms with Gasteiger partial charge in [0.15, 0.2) is 0 Å². The van der Waals surface area contributed by atoms with Crippen LogP contribution in [0.5, 0.6) is 0 Å². The molecule has 0 radical (unpaired) electrons. The predicted octanol–water partition coefficient (Wildman–Crippen LogP) is 8.54. The van der Waals surface area contributed by atoms with Gasteiger partial charge in [-0.2, -0.15) is 26.3 Å². The van der Waals surface area contributed by atoms with Gasteiger partial charge in [0.25, 0.3) is 0 Å². The van der Waals surface area contributed by atoms with E-state index in [0.29, 0.717) is 45.5 Å². The standard InChI is InChI=1S/C42H36F6N6/c1-25-7-15-29(16-8-25)51(3)37-33-23-35-36(24-34(33)38(49-37)52(4)30-17-9-26(2)10-18-30)40(54(6)32-21-13-28(14-22-32)42(46,47)48)50-39(35)53(5)31-19-11-27(12-20-31)41(43,44)45/h7-24H,1-6H3. The molecule has 276 valence electrons. The highest BCUT2D eigenvalue weighted by Crippen LogP contribution is 2.34. The summed E-state index contributed by atoms with van der Waals surface area (Å²) in [5.41, 5.74) is 4.89. The van der Waals surface area contributed by atoms with E-state index in [0.717, 1.165) is 57.5 Å². The third-order valence-electron chi connectivity index (χ3n) is 9.82. The summed E-state index contributed by atoms with van der Waals surface area (Å²) in [5.74, 6) is 2.23. The summed E-state index contributed by atoms with van der Waals surface area (Å²) in [6, 6.07) is 29.8. The molecule has 5 aromatic carbocycles. The average Bonchev–Trinajstić information content (AvgIpc) is 3.71. The fourth-order valence-electron chi connectivity index (χ4n) is 6.58. The zero-order chi connectivity index (χ0) is 38.7. The highest BCUT2D eigenvalue weighted by Gasteiger charge is 2.33. The number of aliphatic imine (C=N–C) groups is 2. The summed E-state index contributed by atoms with van der Waals surface area (Å²) in [5, 5.41) is 1.48. The summed E-state index contributed by atoms with van der Waals surface area (Å²) in [7, 11) is 7.31. The molecule has 0 fully saturated rings. The first-order chi connectivity index (χ1) is 25.5. The lowest BCUT2D eigenvalue weighted by Crippen LogP contribution is -2.35. The number of rotatable bonds is 6. The molecule has 2 aliphatic rings. The van der Waals surface area contributed by atoms with E-state index in [9.17, 15) is 26.3 Å². The van der Waals surface area contributed by atoms with E-state index < -0.39 is 23.5 Å². The van der Waals surface area contributed by atoms with Crippen molar-refractivity contribution in [2.75, 3.05) is 47.8 Å². The highest BCUT2D eigenvalue weighted by molar-refractivity contribution is 6.18. The van der Waals surface area contributed by atoms with Gasteiger partial charge >= 0.3 is 12.4 Å². The number of nitrogens with zero attached hydrogens (tertiary/aromatic N) is 6. The molecule has 0 N–H and O–H groups in total. The summed E-state index contributed by atoms with van der Waals surface area (Å²) < 4.78 is 80.8. The molecular weight excluding hydrogens is 702 g/mol. The van der Waals surface area contributed by atoms with Crippen molar-refractivity contribution in [1.29, 1.82) is 0 Å². The number of anilines is 4. The SMILES string of the molecule is Cc1ccc(N(C)C2=NC(N(C)c3ccc(C)cc3)=c3cc4c(cc32)=C(N(C)c2ccc(C(F)(F)F)cc2)N=C4N(C)c2ccc(C(F)(F)F)cc2)cc1. The smallest absolute Gasteiger partial charge is 0.329 e. The minimum absolute atomic E-state index is 0.444. The van der Waals surface area contributed by atoms with Crippen molar-refractivity contribution in [3.05, 3.63) is 153 Å². The van der Waals surface area contributed by atoms with Gasteiger partial charge in [0, 0.05) is 72.5 Å². The van der Waals surface area contributed by atoms with E-state index >= 15 is 0 Å². The Kier molecular flexibility index (Phi) is 9.03. The first-order valence-corrected chi connectivity index (χ1v) is 17.0. The number of fused-ring (bicyclic) bond motifs is 2. The molecule has 0 bridgehead atoms. The van der Waals surface area contributed by atoms with Crippen molar-refractivity contribution in [3.8, 4) is 0 Å². The number of amidine groups is 2. The van der Waals surface area contributed by atoms with Crippen LogP contribution in [-0.2, 0) is 12.4 Å². The fraction of sp³-hybridized carbons (Fsp3) is 0.190. The molecule has 0 saturated heterocycles. The number of hydrogen-bond acceptors (Lipinski definition) is 6. The topological polar surface area (TPSA) is 37.7 Å². The Hall–Kier alpha value is -6.04. The van der Waals surface area contributed by atoms with Gasteiger partial charge in [-0.25, -0.2) is 9.98 Å². The molecule has 0 saturated carbocycles.